The summed E-state index contributed by atoms with van der Waals surface area (Å²) >= 11 is 0. The highest BCUT2D eigenvalue weighted by Crippen LogP contribution is 2.29. The molecule has 0 atom stereocenters. The van der Waals surface area contributed by atoms with E-state index in [0.29, 0.717) is 23.7 Å². The first-order valence-corrected chi connectivity index (χ1v) is 8.65. The zero-order valence-corrected chi connectivity index (χ0v) is 15.6. The molecule has 0 saturated carbocycles. The third-order valence-electron chi connectivity index (χ3n) is 3.70. The molecule has 10 heteroatoms. The van der Waals surface area contributed by atoms with Crippen LogP contribution in [-0.4, -0.2) is 29.0 Å². The molecule has 0 amide bonds. The monoisotopic (exact) mass is 398 g/mol. The van der Waals surface area contributed by atoms with Gasteiger partial charge in [0.25, 0.3) is 0 Å². The number of nitrogen functional groups attached to an aromatic ring is 1. The van der Waals surface area contributed by atoms with E-state index in [9.17, 15) is 4.39 Å². The molecule has 0 saturated heterocycles. The molecule has 2 aromatic carbocycles. The van der Waals surface area contributed by atoms with Gasteiger partial charge in [0, 0.05) is 0 Å². The molecule has 150 valence electrons. The number of hydrogen-bond donors (Lipinski definition) is 2. The number of aromatic nitrogens is 2. The van der Waals surface area contributed by atoms with Gasteiger partial charge in [-0.15, -0.1) is 5.10 Å². The van der Waals surface area contributed by atoms with E-state index in [2.05, 4.69) is 25.1 Å². The first-order chi connectivity index (χ1) is 14.1. The molecular formula is C19H19FN6O3. The largest absolute Gasteiger partial charge is 0.490 e. The lowest BCUT2D eigenvalue weighted by Gasteiger charge is -2.12. The lowest BCUT2D eigenvalue weighted by Crippen LogP contribution is -2.15. The Balaban J connectivity index is 1.71. The number of halogens is 1. The van der Waals surface area contributed by atoms with Crippen LogP contribution in [0, 0.1) is 5.82 Å². The van der Waals surface area contributed by atoms with Gasteiger partial charge < -0.3 is 20.9 Å². The van der Waals surface area contributed by atoms with Gasteiger partial charge in [0.05, 0.1) is 12.8 Å². The van der Waals surface area contributed by atoms with Crippen LogP contribution >= 0.6 is 0 Å². The second-order valence-electron chi connectivity index (χ2n) is 5.78. The van der Waals surface area contributed by atoms with Crippen LogP contribution in [0.1, 0.15) is 23.7 Å². The van der Waals surface area contributed by atoms with Crippen LogP contribution in [0.25, 0.3) is 0 Å². The molecule has 0 radical (unpaired) electrons. The Kier molecular flexibility index (Phi) is 6.36. The number of rotatable bonds is 8. The van der Waals surface area contributed by atoms with Gasteiger partial charge in [0.2, 0.25) is 0 Å². The summed E-state index contributed by atoms with van der Waals surface area (Å²) in [6.45, 7) is 2.60. The summed E-state index contributed by atoms with van der Waals surface area (Å²) < 4.78 is 28.9. The molecule has 0 aliphatic carbocycles. The number of benzene rings is 2. The fourth-order valence-corrected chi connectivity index (χ4v) is 2.31. The zero-order valence-electron chi connectivity index (χ0n) is 15.6. The van der Waals surface area contributed by atoms with Gasteiger partial charge in [-0.3, -0.25) is 0 Å². The molecule has 9 nitrogen and oxygen atoms in total. The molecule has 29 heavy (non-hydrogen) atoms. The van der Waals surface area contributed by atoms with Crippen molar-refractivity contribution in [3.63, 3.8) is 0 Å². The van der Waals surface area contributed by atoms with Gasteiger partial charge in [0.1, 0.15) is 12.4 Å². The topological polar surface area (TPSA) is 134 Å². The predicted octanol–water partition coefficient (Wildman–Crippen LogP) is 2.51. The summed E-state index contributed by atoms with van der Waals surface area (Å²) in [5, 5.41) is 14.7. The maximum Gasteiger partial charge on any atom is 0.199 e. The van der Waals surface area contributed by atoms with Gasteiger partial charge >= 0.3 is 0 Å². The fraction of sp³-hybridized carbons (Fsp3) is 0.158. The van der Waals surface area contributed by atoms with E-state index in [-0.39, 0.29) is 29.8 Å². The molecule has 0 fully saturated rings. The normalized spacial score (nSPS) is 11.7. The Labute approximate surface area is 165 Å². The standard InChI is InChI=1S/C19H19FN6O3/c1-2-27-16-9-13(10-23-24-18(21)17-19(22)26-29-25-17)5-8-15(16)28-11-12-3-6-14(20)7-4-12/h3-10H,2,11H2,1H3,(H2,21,24)(H2,22,26)/b23-10+. The van der Waals surface area contributed by atoms with Crippen molar-refractivity contribution in [1.29, 1.82) is 0 Å². The molecule has 1 heterocycles. The highest BCUT2D eigenvalue weighted by atomic mass is 19.1. The van der Waals surface area contributed by atoms with Crippen molar-refractivity contribution < 1.29 is 18.5 Å². The Morgan fingerprint density at radius 3 is 2.62 bits per heavy atom. The van der Waals surface area contributed by atoms with E-state index in [0.717, 1.165) is 5.56 Å². The summed E-state index contributed by atoms with van der Waals surface area (Å²) in [7, 11) is 0. The average molecular weight is 398 g/mol. The van der Waals surface area contributed by atoms with Crippen LogP contribution in [-0.2, 0) is 6.61 Å². The average Bonchev–Trinajstić information content (AvgIpc) is 3.15. The van der Waals surface area contributed by atoms with Crippen LogP contribution in [0.2, 0.25) is 0 Å². The molecule has 1 aromatic heterocycles. The molecule has 4 N–H and O–H groups in total. The van der Waals surface area contributed by atoms with Crippen LogP contribution in [0.4, 0.5) is 10.2 Å². The van der Waals surface area contributed by atoms with Crippen LogP contribution in [0.5, 0.6) is 11.5 Å². The van der Waals surface area contributed by atoms with Crippen molar-refractivity contribution in [2.45, 2.75) is 13.5 Å². The second kappa shape index (κ2) is 9.31. The van der Waals surface area contributed by atoms with Gasteiger partial charge in [-0.2, -0.15) is 5.10 Å². The number of amidine groups is 1. The Morgan fingerprint density at radius 1 is 1.14 bits per heavy atom. The molecule has 0 aliphatic rings. The first-order valence-electron chi connectivity index (χ1n) is 8.65. The summed E-state index contributed by atoms with van der Waals surface area (Å²) in [5.74, 6) is 0.809. The van der Waals surface area contributed by atoms with Crippen molar-refractivity contribution in [3.05, 3.63) is 65.1 Å². The molecule has 3 aromatic rings. The lowest BCUT2D eigenvalue weighted by molar-refractivity contribution is 0.269. The molecule has 0 unspecified atom stereocenters. The van der Waals surface area contributed by atoms with E-state index in [1.807, 2.05) is 6.92 Å². The Bertz CT molecular complexity index is 1020. The van der Waals surface area contributed by atoms with Crippen molar-refractivity contribution >= 4 is 17.9 Å². The summed E-state index contributed by atoms with van der Waals surface area (Å²) in [6, 6.07) is 11.4. The Hall–Kier alpha value is -3.95. The smallest absolute Gasteiger partial charge is 0.199 e. The van der Waals surface area contributed by atoms with Gasteiger partial charge in [-0.05, 0) is 58.7 Å². The molecule has 3 rings (SSSR count). The molecular weight excluding hydrogens is 379 g/mol. The fourth-order valence-electron chi connectivity index (χ4n) is 2.31. The predicted molar refractivity (Wildman–Crippen MR) is 105 cm³/mol. The van der Waals surface area contributed by atoms with Crippen LogP contribution in [0.15, 0.2) is 57.3 Å². The molecule has 0 aliphatic heterocycles. The van der Waals surface area contributed by atoms with Crippen molar-refractivity contribution in [2.24, 2.45) is 15.9 Å². The second-order valence-corrected chi connectivity index (χ2v) is 5.78. The van der Waals surface area contributed by atoms with E-state index in [1.165, 1.54) is 18.3 Å². The number of ether oxygens (including phenoxy) is 2. The molecule has 0 bridgehead atoms. The SMILES string of the molecule is CCOc1cc(/C=N/N=C(\N)c2nonc2N)ccc1OCc1ccc(F)cc1. The van der Waals surface area contributed by atoms with Gasteiger partial charge in [0.15, 0.2) is 28.8 Å². The van der Waals surface area contributed by atoms with Gasteiger partial charge in [-0.1, -0.05) is 12.1 Å². The third kappa shape index (κ3) is 5.28. The van der Waals surface area contributed by atoms with Crippen molar-refractivity contribution in [2.75, 3.05) is 12.3 Å². The number of nitrogens with two attached hydrogens (primary N) is 2. The number of anilines is 1. The van der Waals surface area contributed by atoms with E-state index >= 15 is 0 Å². The minimum absolute atomic E-state index is 0.0238. The number of hydrogen-bond acceptors (Lipinski definition) is 8. The minimum Gasteiger partial charge on any atom is -0.490 e. The van der Waals surface area contributed by atoms with Crippen LogP contribution < -0.4 is 20.9 Å². The van der Waals surface area contributed by atoms with Gasteiger partial charge in [-0.25, -0.2) is 9.02 Å². The summed E-state index contributed by atoms with van der Waals surface area (Å²) in [6.07, 6.45) is 1.49. The summed E-state index contributed by atoms with van der Waals surface area (Å²) in [5.41, 5.74) is 13.0. The molecule has 0 spiro atoms. The number of nitrogens with zero attached hydrogens (tertiary/aromatic N) is 4. The van der Waals surface area contributed by atoms with E-state index in [1.54, 1.807) is 30.3 Å². The van der Waals surface area contributed by atoms with Crippen molar-refractivity contribution in [1.82, 2.24) is 10.3 Å². The minimum atomic E-state index is -0.293. The zero-order chi connectivity index (χ0) is 20.6. The lowest BCUT2D eigenvalue weighted by atomic mass is 10.2. The van der Waals surface area contributed by atoms with E-state index < -0.39 is 0 Å². The highest BCUT2D eigenvalue weighted by Gasteiger charge is 2.10. The van der Waals surface area contributed by atoms with E-state index in [4.69, 9.17) is 20.9 Å². The first kappa shape index (κ1) is 19.8. The Morgan fingerprint density at radius 2 is 1.93 bits per heavy atom. The third-order valence-corrected chi connectivity index (χ3v) is 3.70. The summed E-state index contributed by atoms with van der Waals surface area (Å²) in [4.78, 5) is 0. The maximum absolute atomic E-state index is 13.0. The maximum atomic E-state index is 13.0. The highest BCUT2D eigenvalue weighted by molar-refractivity contribution is 5.99. The quantitative estimate of drug-likeness (QED) is 0.338. The van der Waals surface area contributed by atoms with Crippen molar-refractivity contribution in [3.8, 4) is 11.5 Å². The van der Waals surface area contributed by atoms with Crippen LogP contribution in [0.3, 0.4) is 0 Å².